The van der Waals surface area contributed by atoms with E-state index >= 15 is 0 Å². The van der Waals surface area contributed by atoms with Crippen molar-refractivity contribution in [1.82, 2.24) is 0 Å². The van der Waals surface area contributed by atoms with E-state index in [0.717, 1.165) is 31.2 Å². The first kappa shape index (κ1) is 22.0. The summed E-state index contributed by atoms with van der Waals surface area (Å²) in [6, 6.07) is 14.4. The Morgan fingerprint density at radius 2 is 1.59 bits per heavy atom. The maximum atomic E-state index is 12.1. The normalized spacial score (nSPS) is 10.1. The van der Waals surface area contributed by atoms with Crippen LogP contribution in [0.1, 0.15) is 41.6 Å². The number of aryl methyl sites for hydroxylation is 1. The molecule has 1 N–H and O–H groups in total. The van der Waals surface area contributed by atoms with E-state index in [4.69, 9.17) is 14.3 Å². The minimum absolute atomic E-state index is 0.383. The third kappa shape index (κ3) is 8.51. The summed E-state index contributed by atoms with van der Waals surface area (Å²) in [5.74, 6) is -0.145. The van der Waals surface area contributed by atoms with E-state index in [2.05, 4.69) is 12.1 Å². The molecule has 6 heteroatoms. The van der Waals surface area contributed by atoms with Crippen LogP contribution in [0, 0.1) is 6.92 Å². The van der Waals surface area contributed by atoms with Crippen LogP contribution in [-0.4, -0.2) is 25.2 Å². The van der Waals surface area contributed by atoms with Crippen molar-refractivity contribution in [2.45, 2.75) is 32.6 Å². The predicted molar refractivity (Wildman–Crippen MR) is 112 cm³/mol. The number of ether oxygens (including phenoxy) is 2. The summed E-state index contributed by atoms with van der Waals surface area (Å²) < 4.78 is 10.6. The van der Waals surface area contributed by atoms with E-state index in [1.54, 1.807) is 24.3 Å². The van der Waals surface area contributed by atoms with E-state index in [9.17, 15) is 9.59 Å². The maximum Gasteiger partial charge on any atom is 0.362 e. The van der Waals surface area contributed by atoms with Crippen molar-refractivity contribution in [2.75, 3.05) is 18.7 Å². The number of anilines is 1. The molecule has 0 amide bonds. The summed E-state index contributed by atoms with van der Waals surface area (Å²) in [4.78, 5) is 28.1. The molecule has 2 aromatic carbocycles. The molecule has 0 aromatic heterocycles. The zero-order valence-corrected chi connectivity index (χ0v) is 16.7. The van der Waals surface area contributed by atoms with E-state index in [1.165, 1.54) is 6.08 Å². The molecule has 6 nitrogen and oxygen atoms in total. The molecule has 0 aliphatic rings. The molecule has 0 radical (unpaired) electrons. The van der Waals surface area contributed by atoms with Gasteiger partial charge in [0.15, 0.2) is 0 Å². The van der Waals surface area contributed by atoms with Gasteiger partial charge in [0, 0.05) is 6.08 Å². The second-order valence-corrected chi connectivity index (χ2v) is 6.52. The summed E-state index contributed by atoms with van der Waals surface area (Å²) in [5, 5.41) is 0. The van der Waals surface area contributed by atoms with Crippen LogP contribution in [0.4, 0.5) is 5.69 Å². The van der Waals surface area contributed by atoms with E-state index < -0.39 is 5.97 Å². The Hall–Kier alpha value is -3.28. The van der Waals surface area contributed by atoms with Gasteiger partial charge in [0.2, 0.25) is 0 Å². The Morgan fingerprint density at radius 3 is 2.24 bits per heavy atom. The Balaban J connectivity index is 1.61. The van der Waals surface area contributed by atoms with Gasteiger partial charge in [-0.3, -0.25) is 0 Å². The van der Waals surface area contributed by atoms with Gasteiger partial charge >= 0.3 is 11.9 Å². The van der Waals surface area contributed by atoms with Crippen LogP contribution in [-0.2, 0) is 14.4 Å². The lowest BCUT2D eigenvalue weighted by atomic mass is 10.2. The number of esters is 1. The highest BCUT2D eigenvalue weighted by molar-refractivity contribution is 5.90. The van der Waals surface area contributed by atoms with Crippen LogP contribution in [0.5, 0.6) is 5.75 Å². The minimum Gasteiger partial charge on any atom is -0.494 e. The molecule has 0 spiro atoms. The number of hydrogen-bond donors (Lipinski definition) is 1. The number of carbonyl (C=O) groups is 2. The fourth-order valence-corrected chi connectivity index (χ4v) is 2.45. The van der Waals surface area contributed by atoms with Gasteiger partial charge in [0.1, 0.15) is 5.75 Å². The molecule has 29 heavy (non-hydrogen) atoms. The monoisotopic (exact) mass is 397 g/mol. The second-order valence-electron chi connectivity index (χ2n) is 6.52. The zero-order chi connectivity index (χ0) is 20.9. The van der Waals surface area contributed by atoms with Crippen molar-refractivity contribution in [1.29, 1.82) is 0 Å². The Labute approximate surface area is 171 Å². The summed E-state index contributed by atoms with van der Waals surface area (Å²) in [6.07, 6.45) is 4.85. The Bertz CT molecular complexity index is 784. The molecule has 2 aromatic rings. The fraction of sp³-hybridized carbons (Fsp3) is 0.304. The van der Waals surface area contributed by atoms with Gasteiger partial charge in [-0.25, -0.2) is 15.1 Å². The quantitative estimate of drug-likeness (QED) is 0.239. The number of benzene rings is 2. The molecule has 2 rings (SSSR count). The first-order chi connectivity index (χ1) is 14.1. The average molecular weight is 397 g/mol. The van der Waals surface area contributed by atoms with Gasteiger partial charge in [0.05, 0.1) is 24.5 Å². The van der Waals surface area contributed by atoms with Gasteiger partial charge in [-0.1, -0.05) is 24.3 Å². The first-order valence-corrected chi connectivity index (χ1v) is 9.64. The van der Waals surface area contributed by atoms with Gasteiger partial charge < -0.3 is 14.3 Å². The van der Waals surface area contributed by atoms with Crippen molar-refractivity contribution in [3.8, 4) is 5.75 Å². The molecule has 154 valence electrons. The first-order valence-electron chi connectivity index (χ1n) is 9.64. The topological polar surface area (TPSA) is 73.9 Å². The third-order valence-corrected chi connectivity index (χ3v) is 4.12. The highest BCUT2D eigenvalue weighted by Gasteiger charge is 2.08. The lowest BCUT2D eigenvalue weighted by Gasteiger charge is -2.09. The number of nitrogens with one attached hydrogen (secondary N) is 1. The van der Waals surface area contributed by atoms with Crippen LogP contribution in [0.3, 0.4) is 0 Å². The van der Waals surface area contributed by atoms with Gasteiger partial charge in [-0.05, 0) is 69.0 Å². The van der Waals surface area contributed by atoms with E-state index in [-0.39, 0.29) is 5.97 Å². The maximum absolute atomic E-state index is 12.1. The van der Waals surface area contributed by atoms with Crippen molar-refractivity contribution in [3.63, 3.8) is 0 Å². The fourth-order valence-electron chi connectivity index (χ4n) is 2.45. The standard InChI is InChI=1S/C23H27NO5/c1-3-22(25)28-17-7-5-4-6-16-27-21-14-10-19(11-15-21)23(26)29-24-20-12-8-18(2)9-13-20/h3,8-15,24H,1,4-7,16-17H2,2H3. The number of unbranched alkanes of at least 4 members (excludes halogenated alkanes) is 3. The second kappa shape index (κ2) is 12.2. The summed E-state index contributed by atoms with van der Waals surface area (Å²) in [6.45, 7) is 6.34. The minimum atomic E-state index is -0.464. The molecule has 0 fully saturated rings. The van der Waals surface area contributed by atoms with Crippen LogP contribution < -0.4 is 10.2 Å². The van der Waals surface area contributed by atoms with Crippen LogP contribution in [0.15, 0.2) is 61.2 Å². The van der Waals surface area contributed by atoms with E-state index in [1.807, 2.05) is 31.2 Å². The molecular weight excluding hydrogens is 370 g/mol. The summed E-state index contributed by atoms with van der Waals surface area (Å²) in [5.41, 5.74) is 4.92. The van der Waals surface area contributed by atoms with Crippen LogP contribution in [0.25, 0.3) is 0 Å². The van der Waals surface area contributed by atoms with Crippen LogP contribution in [0.2, 0.25) is 0 Å². The third-order valence-electron chi connectivity index (χ3n) is 4.12. The zero-order valence-electron chi connectivity index (χ0n) is 16.7. The molecule has 0 aliphatic carbocycles. The van der Waals surface area contributed by atoms with Gasteiger partial charge in [-0.15, -0.1) is 0 Å². The van der Waals surface area contributed by atoms with Crippen molar-refractivity contribution in [2.24, 2.45) is 0 Å². The molecule has 0 heterocycles. The van der Waals surface area contributed by atoms with Crippen LogP contribution >= 0.6 is 0 Å². The largest absolute Gasteiger partial charge is 0.494 e. The number of hydrogen-bond acceptors (Lipinski definition) is 6. The molecule has 0 unspecified atom stereocenters. The molecule has 0 atom stereocenters. The Kier molecular flexibility index (Phi) is 9.29. The molecule has 0 bridgehead atoms. The van der Waals surface area contributed by atoms with Crippen molar-refractivity contribution >= 4 is 17.6 Å². The summed E-state index contributed by atoms with van der Waals surface area (Å²) >= 11 is 0. The SMILES string of the molecule is C=CC(=O)OCCCCCCOc1ccc(C(=O)ONc2ccc(C)cc2)cc1. The molecule has 0 saturated carbocycles. The Morgan fingerprint density at radius 1 is 0.931 bits per heavy atom. The number of rotatable bonds is 12. The highest BCUT2D eigenvalue weighted by Crippen LogP contribution is 2.15. The van der Waals surface area contributed by atoms with Crippen molar-refractivity contribution in [3.05, 3.63) is 72.3 Å². The van der Waals surface area contributed by atoms with Gasteiger partial charge in [-0.2, -0.15) is 0 Å². The number of carbonyl (C=O) groups excluding carboxylic acids is 2. The van der Waals surface area contributed by atoms with Crippen molar-refractivity contribution < 1.29 is 23.9 Å². The molecule has 0 saturated heterocycles. The van der Waals surface area contributed by atoms with Gasteiger partial charge in [0.25, 0.3) is 0 Å². The lowest BCUT2D eigenvalue weighted by molar-refractivity contribution is -0.137. The lowest BCUT2D eigenvalue weighted by Crippen LogP contribution is -2.10. The van der Waals surface area contributed by atoms with E-state index in [0.29, 0.717) is 30.2 Å². The highest BCUT2D eigenvalue weighted by atomic mass is 16.7. The molecule has 0 aliphatic heterocycles. The predicted octanol–water partition coefficient (Wildman–Crippen LogP) is 4.85. The summed E-state index contributed by atoms with van der Waals surface area (Å²) in [7, 11) is 0. The smallest absolute Gasteiger partial charge is 0.362 e. The average Bonchev–Trinajstić information content (AvgIpc) is 2.75. The molecular formula is C23H27NO5.